The van der Waals surface area contributed by atoms with E-state index >= 15 is 0 Å². The lowest BCUT2D eigenvalue weighted by Gasteiger charge is -2.31. The molecule has 0 N–H and O–H groups in total. The van der Waals surface area contributed by atoms with Crippen LogP contribution in [0.25, 0.3) is 10.8 Å². The van der Waals surface area contributed by atoms with E-state index in [0.29, 0.717) is 10.9 Å². The minimum atomic E-state index is -4.85. The topological polar surface area (TPSA) is 82.3 Å². The summed E-state index contributed by atoms with van der Waals surface area (Å²) >= 11 is 0. The second-order valence-electron chi connectivity index (χ2n) is 6.16. The normalized spacial score (nSPS) is 19.2. The highest BCUT2D eigenvalue weighted by Gasteiger charge is 2.52. The SMILES string of the molecule is CCOC(=O)C1C(C(F)(F)F)=Nc2nnnn2C1c1cccc2ccccc12. The van der Waals surface area contributed by atoms with E-state index in [0.717, 1.165) is 10.1 Å². The number of hydrogen-bond donors (Lipinski definition) is 0. The third-order valence-electron chi connectivity index (χ3n) is 4.54. The third-order valence-corrected chi connectivity index (χ3v) is 4.54. The standard InChI is InChI=1S/C18H14F3N5O2/c1-2-28-16(27)13-14(12-9-5-7-10-6-3-4-8-11(10)12)26-17(23-24-25-26)22-15(13)18(19,20)21/h3-9,13-14H,2H2,1H3. The van der Waals surface area contributed by atoms with Crippen LogP contribution >= 0.6 is 0 Å². The molecule has 7 nitrogen and oxygen atoms in total. The highest BCUT2D eigenvalue weighted by atomic mass is 19.4. The number of benzene rings is 2. The van der Waals surface area contributed by atoms with Crippen LogP contribution in [0.5, 0.6) is 0 Å². The van der Waals surface area contributed by atoms with Gasteiger partial charge in [-0.25, -0.2) is 9.67 Å². The maximum Gasteiger partial charge on any atom is 0.430 e. The molecule has 2 atom stereocenters. The number of esters is 1. The zero-order valence-electron chi connectivity index (χ0n) is 14.6. The van der Waals surface area contributed by atoms with Crippen LogP contribution in [-0.2, 0) is 9.53 Å². The molecule has 4 rings (SSSR count). The van der Waals surface area contributed by atoms with Gasteiger partial charge >= 0.3 is 12.1 Å². The number of carbonyl (C=O) groups excluding carboxylic acids is 1. The predicted octanol–water partition coefficient (Wildman–Crippen LogP) is 3.24. The van der Waals surface area contributed by atoms with Crippen molar-refractivity contribution in [2.75, 3.05) is 6.61 Å². The first-order valence-electron chi connectivity index (χ1n) is 8.49. The molecular weight excluding hydrogens is 375 g/mol. The summed E-state index contributed by atoms with van der Waals surface area (Å²) in [6, 6.07) is 11.3. The Kier molecular flexibility index (Phi) is 4.33. The molecule has 28 heavy (non-hydrogen) atoms. The van der Waals surface area contributed by atoms with E-state index in [4.69, 9.17) is 4.74 Å². The largest absolute Gasteiger partial charge is 0.465 e. The predicted molar refractivity (Wildman–Crippen MR) is 93.2 cm³/mol. The Balaban J connectivity index is 1.99. The Morgan fingerprint density at radius 1 is 1.18 bits per heavy atom. The number of aromatic nitrogens is 4. The van der Waals surface area contributed by atoms with Crippen molar-refractivity contribution in [3.8, 4) is 0 Å². The Bertz CT molecular complexity index is 1070. The summed E-state index contributed by atoms with van der Waals surface area (Å²) in [4.78, 5) is 16.2. The van der Waals surface area contributed by atoms with Crippen LogP contribution in [0.15, 0.2) is 47.5 Å². The fourth-order valence-electron chi connectivity index (χ4n) is 3.44. The van der Waals surface area contributed by atoms with Crippen LogP contribution in [0.3, 0.4) is 0 Å². The van der Waals surface area contributed by atoms with Gasteiger partial charge in [-0.2, -0.15) is 13.2 Å². The van der Waals surface area contributed by atoms with Crippen LogP contribution in [0.4, 0.5) is 19.1 Å². The lowest BCUT2D eigenvalue weighted by atomic mass is 9.85. The number of rotatable bonds is 3. The molecule has 2 heterocycles. The van der Waals surface area contributed by atoms with E-state index in [1.165, 1.54) is 6.92 Å². The Hall–Kier alpha value is -3.30. The summed E-state index contributed by atoms with van der Waals surface area (Å²) in [6.45, 7) is 1.46. The summed E-state index contributed by atoms with van der Waals surface area (Å²) in [7, 11) is 0. The molecule has 0 aliphatic carbocycles. The highest BCUT2D eigenvalue weighted by Crippen LogP contribution is 2.42. The fraction of sp³-hybridized carbons (Fsp3) is 0.278. The first-order valence-corrected chi connectivity index (χ1v) is 8.49. The maximum absolute atomic E-state index is 13.8. The third kappa shape index (κ3) is 2.90. The molecule has 1 aliphatic heterocycles. The fourth-order valence-corrected chi connectivity index (χ4v) is 3.44. The first-order chi connectivity index (χ1) is 13.4. The molecule has 0 fully saturated rings. The van der Waals surface area contributed by atoms with Gasteiger partial charge in [0.25, 0.3) is 5.95 Å². The molecule has 0 bridgehead atoms. The molecule has 0 saturated carbocycles. The molecule has 0 radical (unpaired) electrons. The second kappa shape index (κ2) is 6.70. The average Bonchev–Trinajstić information content (AvgIpc) is 3.14. The number of carbonyl (C=O) groups is 1. The van der Waals surface area contributed by atoms with Crippen LogP contribution in [0, 0.1) is 5.92 Å². The van der Waals surface area contributed by atoms with Crippen LogP contribution in [0.2, 0.25) is 0 Å². The number of tetrazole rings is 1. The minimum absolute atomic E-state index is 0.0643. The molecule has 1 aromatic heterocycles. The molecule has 0 spiro atoms. The molecule has 10 heteroatoms. The summed E-state index contributed by atoms with van der Waals surface area (Å²) in [5.74, 6) is -3.08. The van der Waals surface area contributed by atoms with Crippen molar-refractivity contribution in [3.63, 3.8) is 0 Å². The van der Waals surface area contributed by atoms with E-state index in [9.17, 15) is 18.0 Å². The van der Waals surface area contributed by atoms with Gasteiger partial charge in [0, 0.05) is 0 Å². The number of aliphatic imine (C=N–C) groups is 1. The lowest BCUT2D eigenvalue weighted by molar-refractivity contribution is -0.148. The quantitative estimate of drug-likeness (QED) is 0.643. The van der Waals surface area contributed by atoms with Gasteiger partial charge in [0.15, 0.2) is 0 Å². The van der Waals surface area contributed by atoms with Crippen molar-refractivity contribution in [2.24, 2.45) is 10.9 Å². The monoisotopic (exact) mass is 389 g/mol. The second-order valence-corrected chi connectivity index (χ2v) is 6.16. The number of fused-ring (bicyclic) bond motifs is 2. The van der Waals surface area contributed by atoms with Gasteiger partial charge in [0.2, 0.25) is 0 Å². The van der Waals surface area contributed by atoms with Crippen molar-refractivity contribution >= 4 is 28.4 Å². The minimum Gasteiger partial charge on any atom is -0.465 e. The summed E-state index contributed by atoms with van der Waals surface area (Å²) in [5, 5.41) is 12.3. The molecule has 2 unspecified atom stereocenters. The molecule has 2 aromatic carbocycles. The van der Waals surface area contributed by atoms with E-state index in [1.807, 2.05) is 18.2 Å². The molecule has 144 valence electrons. The molecular formula is C18H14F3N5O2. The van der Waals surface area contributed by atoms with Gasteiger partial charge in [-0.05, 0) is 33.7 Å². The van der Waals surface area contributed by atoms with Crippen molar-refractivity contribution in [1.82, 2.24) is 20.2 Å². The van der Waals surface area contributed by atoms with Crippen molar-refractivity contribution in [3.05, 3.63) is 48.0 Å². The van der Waals surface area contributed by atoms with Gasteiger partial charge < -0.3 is 4.74 Å². The zero-order valence-corrected chi connectivity index (χ0v) is 14.6. The van der Waals surface area contributed by atoms with Gasteiger partial charge in [-0.3, -0.25) is 4.79 Å². The lowest BCUT2D eigenvalue weighted by Crippen LogP contribution is -2.44. The Morgan fingerprint density at radius 2 is 1.93 bits per heavy atom. The van der Waals surface area contributed by atoms with Gasteiger partial charge in [0.05, 0.1) is 6.61 Å². The molecule has 3 aromatic rings. The van der Waals surface area contributed by atoms with Gasteiger partial charge in [-0.15, -0.1) is 0 Å². The number of hydrogen-bond acceptors (Lipinski definition) is 6. The highest BCUT2D eigenvalue weighted by molar-refractivity contribution is 6.08. The first kappa shape index (κ1) is 18.1. The summed E-state index contributed by atoms with van der Waals surface area (Å²) < 4.78 is 47.4. The molecule has 0 saturated heterocycles. The zero-order chi connectivity index (χ0) is 19.9. The Morgan fingerprint density at radius 3 is 2.68 bits per heavy atom. The van der Waals surface area contributed by atoms with E-state index in [1.54, 1.807) is 24.3 Å². The number of ether oxygens (including phenoxy) is 1. The summed E-state index contributed by atoms with van der Waals surface area (Å²) in [5.41, 5.74) is -0.799. The molecule has 1 aliphatic rings. The van der Waals surface area contributed by atoms with E-state index < -0.39 is 29.8 Å². The summed E-state index contributed by atoms with van der Waals surface area (Å²) in [6.07, 6.45) is -4.85. The van der Waals surface area contributed by atoms with E-state index in [-0.39, 0.29) is 12.6 Å². The number of alkyl halides is 3. The van der Waals surface area contributed by atoms with Crippen LogP contribution < -0.4 is 0 Å². The number of nitrogens with zero attached hydrogens (tertiary/aromatic N) is 5. The van der Waals surface area contributed by atoms with Crippen molar-refractivity contribution in [1.29, 1.82) is 0 Å². The smallest absolute Gasteiger partial charge is 0.430 e. The van der Waals surface area contributed by atoms with Gasteiger partial charge in [-0.1, -0.05) is 47.6 Å². The van der Waals surface area contributed by atoms with Crippen molar-refractivity contribution in [2.45, 2.75) is 19.1 Å². The van der Waals surface area contributed by atoms with Gasteiger partial charge in [0.1, 0.15) is 17.7 Å². The average molecular weight is 389 g/mol. The Labute approximate surface area is 156 Å². The van der Waals surface area contributed by atoms with E-state index in [2.05, 4.69) is 20.5 Å². The van der Waals surface area contributed by atoms with Crippen molar-refractivity contribution < 1.29 is 22.7 Å². The van der Waals surface area contributed by atoms with Crippen LogP contribution in [-0.4, -0.2) is 44.7 Å². The molecule has 0 amide bonds. The maximum atomic E-state index is 13.8. The van der Waals surface area contributed by atoms with Crippen LogP contribution in [0.1, 0.15) is 18.5 Å². The number of halogens is 3.